The van der Waals surface area contributed by atoms with E-state index < -0.39 is 17.4 Å². The molecule has 0 bridgehead atoms. The molecular formula is C15H19BrN2O3. The lowest BCUT2D eigenvalue weighted by molar-refractivity contribution is -0.146. The van der Waals surface area contributed by atoms with E-state index in [9.17, 15) is 14.7 Å². The highest BCUT2D eigenvalue weighted by molar-refractivity contribution is 9.10. The van der Waals surface area contributed by atoms with E-state index in [4.69, 9.17) is 0 Å². The Bertz CT molecular complexity index is 539. The molecule has 0 spiro atoms. The second kappa shape index (κ2) is 6.56. The summed E-state index contributed by atoms with van der Waals surface area (Å²) >= 11 is 3.21. The van der Waals surface area contributed by atoms with Crippen LogP contribution >= 0.6 is 15.9 Å². The first-order valence-electron chi connectivity index (χ1n) is 7.15. The van der Waals surface area contributed by atoms with Crippen molar-refractivity contribution in [3.8, 4) is 0 Å². The predicted octanol–water partition coefficient (Wildman–Crippen LogP) is 3.00. The molecule has 1 aliphatic carbocycles. The van der Waals surface area contributed by atoms with Gasteiger partial charge in [0.1, 0.15) is 15.8 Å². The Kier molecular flexibility index (Phi) is 4.98. The van der Waals surface area contributed by atoms with Crippen LogP contribution in [0.25, 0.3) is 0 Å². The number of hydrogen-bond acceptors (Lipinski definition) is 3. The molecule has 1 aromatic rings. The average molecular weight is 355 g/mol. The van der Waals surface area contributed by atoms with Crippen LogP contribution < -0.4 is 5.32 Å². The fourth-order valence-electron chi connectivity index (χ4n) is 2.79. The fourth-order valence-corrected chi connectivity index (χ4v) is 3.13. The minimum absolute atomic E-state index is 0.225. The van der Waals surface area contributed by atoms with Gasteiger partial charge in [0.25, 0.3) is 5.91 Å². The first-order valence-corrected chi connectivity index (χ1v) is 7.94. The maximum Gasteiger partial charge on any atom is 0.329 e. The van der Waals surface area contributed by atoms with E-state index in [1.807, 2.05) is 0 Å². The van der Waals surface area contributed by atoms with Crippen molar-refractivity contribution in [3.05, 3.63) is 28.5 Å². The van der Waals surface area contributed by atoms with E-state index in [1.54, 1.807) is 18.2 Å². The maximum atomic E-state index is 12.3. The van der Waals surface area contributed by atoms with Gasteiger partial charge >= 0.3 is 5.97 Å². The Morgan fingerprint density at radius 1 is 1.43 bits per heavy atom. The molecule has 0 atom stereocenters. The SMILES string of the molecule is CCC1CCC(NC(=O)c2cccc(Br)n2)(C(=O)O)CC1. The third-order valence-electron chi connectivity index (χ3n) is 4.25. The number of pyridine rings is 1. The number of aromatic nitrogens is 1. The van der Waals surface area contributed by atoms with Crippen LogP contribution in [0.4, 0.5) is 0 Å². The summed E-state index contributed by atoms with van der Waals surface area (Å²) in [4.78, 5) is 28.0. The van der Waals surface area contributed by atoms with Crippen molar-refractivity contribution in [2.75, 3.05) is 0 Å². The molecule has 1 amide bonds. The van der Waals surface area contributed by atoms with Gasteiger partial charge in [0, 0.05) is 0 Å². The fraction of sp³-hybridized carbons (Fsp3) is 0.533. The number of carboxylic acid groups (broad SMARTS) is 1. The van der Waals surface area contributed by atoms with Crippen LogP contribution in [-0.4, -0.2) is 27.5 Å². The predicted molar refractivity (Wildman–Crippen MR) is 82.0 cm³/mol. The van der Waals surface area contributed by atoms with Crippen LogP contribution in [0.5, 0.6) is 0 Å². The Morgan fingerprint density at radius 2 is 2.10 bits per heavy atom. The molecule has 5 nitrogen and oxygen atoms in total. The highest BCUT2D eigenvalue weighted by Gasteiger charge is 2.43. The largest absolute Gasteiger partial charge is 0.480 e. The zero-order valence-corrected chi connectivity index (χ0v) is 13.5. The summed E-state index contributed by atoms with van der Waals surface area (Å²) in [6, 6.07) is 5.00. The van der Waals surface area contributed by atoms with Crippen LogP contribution in [0.3, 0.4) is 0 Å². The number of hydrogen-bond donors (Lipinski definition) is 2. The molecule has 0 saturated heterocycles. The maximum absolute atomic E-state index is 12.3. The molecule has 1 heterocycles. The Morgan fingerprint density at radius 3 is 2.62 bits per heavy atom. The highest BCUT2D eigenvalue weighted by atomic mass is 79.9. The second-order valence-electron chi connectivity index (χ2n) is 5.54. The van der Waals surface area contributed by atoms with Crippen molar-refractivity contribution < 1.29 is 14.7 Å². The molecule has 2 N–H and O–H groups in total. The molecular weight excluding hydrogens is 336 g/mol. The van der Waals surface area contributed by atoms with Crippen molar-refractivity contribution >= 4 is 27.8 Å². The minimum atomic E-state index is -1.16. The molecule has 0 unspecified atom stereocenters. The van der Waals surface area contributed by atoms with E-state index in [0.717, 1.165) is 19.3 Å². The van der Waals surface area contributed by atoms with E-state index in [0.29, 0.717) is 23.4 Å². The smallest absolute Gasteiger partial charge is 0.329 e. The van der Waals surface area contributed by atoms with Crippen molar-refractivity contribution in [1.29, 1.82) is 0 Å². The number of carboxylic acids is 1. The van der Waals surface area contributed by atoms with Crippen LogP contribution in [0.2, 0.25) is 0 Å². The van der Waals surface area contributed by atoms with E-state index in [1.165, 1.54) is 0 Å². The number of nitrogens with zero attached hydrogens (tertiary/aromatic N) is 1. The van der Waals surface area contributed by atoms with Gasteiger partial charge in [0.05, 0.1) is 0 Å². The molecule has 2 rings (SSSR count). The van der Waals surface area contributed by atoms with Gasteiger partial charge in [-0.05, 0) is 59.7 Å². The Hall–Kier alpha value is -1.43. The van der Waals surface area contributed by atoms with Crippen molar-refractivity contribution in [2.45, 2.75) is 44.6 Å². The summed E-state index contributed by atoms with van der Waals surface area (Å²) in [5.41, 5.74) is -0.935. The summed E-state index contributed by atoms with van der Waals surface area (Å²) in [6.07, 6.45) is 3.65. The minimum Gasteiger partial charge on any atom is -0.480 e. The van der Waals surface area contributed by atoms with Crippen LogP contribution in [0.1, 0.15) is 49.5 Å². The number of aliphatic carboxylic acids is 1. The summed E-state index contributed by atoms with van der Waals surface area (Å²) in [6.45, 7) is 2.11. The molecule has 1 saturated carbocycles. The van der Waals surface area contributed by atoms with Gasteiger partial charge in [0.15, 0.2) is 0 Å². The van der Waals surface area contributed by atoms with E-state index in [-0.39, 0.29) is 5.69 Å². The van der Waals surface area contributed by atoms with Gasteiger partial charge in [-0.25, -0.2) is 9.78 Å². The number of carbonyl (C=O) groups is 2. The summed E-state index contributed by atoms with van der Waals surface area (Å²) in [5.74, 6) is -0.840. The third kappa shape index (κ3) is 3.61. The number of amides is 1. The van der Waals surface area contributed by atoms with E-state index >= 15 is 0 Å². The average Bonchev–Trinajstić information content (AvgIpc) is 2.47. The Balaban J connectivity index is 2.14. The first kappa shape index (κ1) is 15.9. The van der Waals surface area contributed by atoms with Gasteiger partial charge in [-0.1, -0.05) is 19.4 Å². The zero-order valence-electron chi connectivity index (χ0n) is 11.9. The van der Waals surface area contributed by atoms with Crippen LogP contribution in [0.15, 0.2) is 22.8 Å². The van der Waals surface area contributed by atoms with Gasteiger partial charge in [-0.15, -0.1) is 0 Å². The van der Waals surface area contributed by atoms with Gasteiger partial charge in [-0.2, -0.15) is 0 Å². The molecule has 1 aromatic heterocycles. The highest BCUT2D eigenvalue weighted by Crippen LogP contribution is 2.34. The normalized spacial score (nSPS) is 25.3. The van der Waals surface area contributed by atoms with E-state index in [2.05, 4.69) is 33.2 Å². The molecule has 1 fully saturated rings. The second-order valence-corrected chi connectivity index (χ2v) is 6.35. The number of nitrogens with one attached hydrogen (secondary N) is 1. The number of carbonyl (C=O) groups excluding carboxylic acids is 1. The summed E-state index contributed by atoms with van der Waals surface area (Å²) < 4.78 is 0.550. The summed E-state index contributed by atoms with van der Waals surface area (Å²) in [7, 11) is 0. The monoisotopic (exact) mass is 354 g/mol. The third-order valence-corrected chi connectivity index (χ3v) is 4.69. The zero-order chi connectivity index (χ0) is 15.5. The van der Waals surface area contributed by atoms with Crippen molar-refractivity contribution in [3.63, 3.8) is 0 Å². The summed E-state index contributed by atoms with van der Waals surface area (Å²) in [5, 5.41) is 12.3. The van der Waals surface area contributed by atoms with Gasteiger partial charge < -0.3 is 10.4 Å². The van der Waals surface area contributed by atoms with Crippen molar-refractivity contribution in [1.82, 2.24) is 10.3 Å². The lowest BCUT2D eigenvalue weighted by Crippen LogP contribution is -2.56. The molecule has 114 valence electrons. The van der Waals surface area contributed by atoms with Gasteiger partial charge in [-0.3, -0.25) is 4.79 Å². The molecule has 0 radical (unpaired) electrons. The Labute approximate surface area is 132 Å². The lowest BCUT2D eigenvalue weighted by Gasteiger charge is -2.37. The lowest BCUT2D eigenvalue weighted by atomic mass is 9.75. The standard InChI is InChI=1S/C15H19BrN2O3/c1-2-10-6-8-15(9-7-10,14(20)21)18-13(19)11-4-3-5-12(16)17-11/h3-5,10H,2,6-9H2,1H3,(H,18,19)(H,20,21). The van der Waals surface area contributed by atoms with Crippen LogP contribution in [-0.2, 0) is 4.79 Å². The van der Waals surface area contributed by atoms with Gasteiger partial charge in [0.2, 0.25) is 0 Å². The molecule has 21 heavy (non-hydrogen) atoms. The molecule has 0 aromatic carbocycles. The molecule has 6 heteroatoms. The number of halogens is 1. The quantitative estimate of drug-likeness (QED) is 0.814. The number of rotatable bonds is 4. The molecule has 1 aliphatic rings. The van der Waals surface area contributed by atoms with Crippen LogP contribution in [0, 0.1) is 5.92 Å². The molecule has 0 aliphatic heterocycles. The first-order chi connectivity index (χ1) is 9.97. The topological polar surface area (TPSA) is 79.3 Å². The van der Waals surface area contributed by atoms with Crippen molar-refractivity contribution in [2.24, 2.45) is 5.92 Å².